The Morgan fingerprint density at radius 3 is 2.48 bits per heavy atom. The Kier molecular flexibility index (Phi) is 5.67. The molecule has 1 aromatic carbocycles. The molecule has 0 unspecified atom stereocenters. The molecule has 1 N–H and O–H groups in total. The lowest BCUT2D eigenvalue weighted by Crippen LogP contribution is -2.16. The van der Waals surface area contributed by atoms with Gasteiger partial charge in [0.1, 0.15) is 18.2 Å². The fourth-order valence-electron chi connectivity index (χ4n) is 1.13. The number of hydrogen-bond donors (Lipinski definition) is 1. The van der Waals surface area contributed by atoms with E-state index in [0.29, 0.717) is 0 Å². The molecular weight excluding hydrogens is 295 g/mol. The van der Waals surface area contributed by atoms with Crippen molar-refractivity contribution in [2.24, 2.45) is 4.99 Å². The molecule has 0 aromatic heterocycles. The van der Waals surface area contributed by atoms with Crippen LogP contribution in [0.3, 0.4) is 0 Å². The van der Waals surface area contributed by atoms with Crippen LogP contribution in [0.25, 0.3) is 0 Å². The zero-order chi connectivity index (χ0) is 15.9. The largest absolute Gasteiger partial charge is 0.573 e. The highest BCUT2D eigenvalue weighted by Gasteiger charge is 2.30. The second-order valence-corrected chi connectivity index (χ2v) is 3.45. The van der Waals surface area contributed by atoms with Crippen molar-refractivity contribution in [1.29, 1.82) is 0 Å². The van der Waals surface area contributed by atoms with Gasteiger partial charge in [0.2, 0.25) is 0 Å². The van der Waals surface area contributed by atoms with Crippen LogP contribution in [0, 0.1) is 10.1 Å². The van der Waals surface area contributed by atoms with E-state index in [9.17, 15) is 23.3 Å². The van der Waals surface area contributed by atoms with Crippen LogP contribution in [0.5, 0.6) is 5.75 Å². The van der Waals surface area contributed by atoms with Gasteiger partial charge in [0.25, 0.3) is 0 Å². The highest BCUT2D eigenvalue weighted by Crippen LogP contribution is 2.24. The summed E-state index contributed by atoms with van der Waals surface area (Å²) < 4.78 is 39.5. The molecule has 0 amide bonds. The molecular formula is C11H10F3N3O4. The van der Waals surface area contributed by atoms with E-state index in [2.05, 4.69) is 20.0 Å². The highest BCUT2D eigenvalue weighted by molar-refractivity contribution is 5.78. The number of nitro groups is 1. The third-order valence-electron chi connectivity index (χ3n) is 1.95. The van der Waals surface area contributed by atoms with Crippen LogP contribution in [0.15, 0.2) is 41.2 Å². The average Bonchev–Trinajstić information content (AvgIpc) is 2.38. The van der Waals surface area contributed by atoms with Gasteiger partial charge in [0, 0.05) is 0 Å². The Hall–Kier alpha value is -2.62. The predicted molar refractivity (Wildman–Crippen MR) is 66.5 cm³/mol. The summed E-state index contributed by atoms with van der Waals surface area (Å²) in [5, 5.41) is 10.6. The van der Waals surface area contributed by atoms with Gasteiger partial charge >= 0.3 is 12.1 Å². The predicted octanol–water partition coefficient (Wildman–Crippen LogP) is 2.56. The molecule has 114 valence electrons. The maximum atomic E-state index is 11.9. The Morgan fingerprint density at radius 1 is 1.38 bits per heavy atom. The summed E-state index contributed by atoms with van der Waals surface area (Å²) in [7, 11) is 1.27. The fourth-order valence-corrected chi connectivity index (χ4v) is 1.13. The van der Waals surface area contributed by atoms with Crippen molar-refractivity contribution in [1.82, 2.24) is 5.48 Å². The van der Waals surface area contributed by atoms with Crippen molar-refractivity contribution in [3.8, 4) is 5.75 Å². The van der Waals surface area contributed by atoms with Gasteiger partial charge in [-0.3, -0.25) is 20.4 Å². The third-order valence-corrected chi connectivity index (χ3v) is 1.95. The van der Waals surface area contributed by atoms with E-state index in [0.717, 1.165) is 24.5 Å². The maximum Gasteiger partial charge on any atom is 0.573 e. The Balaban J connectivity index is 2.78. The topological polar surface area (TPSA) is 86.0 Å². The summed E-state index contributed by atoms with van der Waals surface area (Å²) in [5.74, 6) is -0.410. The van der Waals surface area contributed by atoms with Crippen LogP contribution in [-0.4, -0.2) is 24.6 Å². The highest BCUT2D eigenvalue weighted by atomic mass is 19.4. The lowest BCUT2D eigenvalue weighted by Gasteiger charge is -2.08. The van der Waals surface area contributed by atoms with Gasteiger partial charge in [-0.1, -0.05) is 0 Å². The minimum Gasteiger partial charge on any atom is -0.406 e. The van der Waals surface area contributed by atoms with Gasteiger partial charge in [-0.25, -0.2) is 4.99 Å². The standard InChI is InChI=1S/C11H10F3N3O4/c1-20-16-7-9(17(18)19)6-15-8-2-4-10(5-3-8)21-11(12,13)14/h2-7,16H,1H3/b9-7-,15-6?. The average molecular weight is 305 g/mol. The Bertz CT molecular complexity index is 541. The molecule has 21 heavy (non-hydrogen) atoms. The molecule has 0 aliphatic rings. The molecule has 0 radical (unpaired) electrons. The van der Waals surface area contributed by atoms with Crippen LogP contribution < -0.4 is 10.2 Å². The van der Waals surface area contributed by atoms with E-state index in [1.165, 1.54) is 19.2 Å². The molecule has 0 heterocycles. The van der Waals surface area contributed by atoms with Crippen LogP contribution in [0.1, 0.15) is 0 Å². The monoisotopic (exact) mass is 305 g/mol. The van der Waals surface area contributed by atoms with Gasteiger partial charge in [-0.2, -0.15) is 0 Å². The number of aliphatic imine (C=N–C) groups is 1. The molecule has 0 spiro atoms. The van der Waals surface area contributed by atoms with Crippen LogP contribution in [0.4, 0.5) is 18.9 Å². The quantitative estimate of drug-likeness (QED) is 0.496. The van der Waals surface area contributed by atoms with Crippen molar-refractivity contribution in [3.63, 3.8) is 0 Å². The van der Waals surface area contributed by atoms with Crippen molar-refractivity contribution < 1.29 is 27.7 Å². The number of benzene rings is 1. The first kappa shape index (κ1) is 16.4. The number of allylic oxidation sites excluding steroid dienone is 1. The second-order valence-electron chi connectivity index (χ2n) is 3.45. The van der Waals surface area contributed by atoms with Gasteiger partial charge < -0.3 is 4.74 Å². The number of alkyl halides is 3. The summed E-state index contributed by atoms with van der Waals surface area (Å²) in [6.45, 7) is 0. The molecule has 1 aromatic rings. The lowest BCUT2D eigenvalue weighted by molar-refractivity contribution is -0.415. The van der Waals surface area contributed by atoms with Gasteiger partial charge in [-0.05, 0) is 24.3 Å². The third kappa shape index (κ3) is 6.38. The fraction of sp³-hybridized carbons (Fsp3) is 0.182. The smallest absolute Gasteiger partial charge is 0.406 e. The van der Waals surface area contributed by atoms with Gasteiger partial charge in [-0.15, -0.1) is 13.2 Å². The minimum absolute atomic E-state index is 0.217. The zero-order valence-corrected chi connectivity index (χ0v) is 10.6. The summed E-state index contributed by atoms with van der Waals surface area (Å²) in [6.07, 6.45) is -2.89. The van der Waals surface area contributed by atoms with E-state index in [1.807, 2.05) is 0 Å². The molecule has 0 aliphatic carbocycles. The maximum absolute atomic E-state index is 11.9. The van der Waals surface area contributed by atoms with E-state index in [-0.39, 0.29) is 5.69 Å². The normalized spacial score (nSPS) is 12.5. The molecule has 0 fully saturated rings. The van der Waals surface area contributed by atoms with Crippen molar-refractivity contribution >= 4 is 11.9 Å². The first-order chi connectivity index (χ1) is 9.81. The van der Waals surface area contributed by atoms with Crippen LogP contribution in [-0.2, 0) is 4.84 Å². The van der Waals surface area contributed by atoms with E-state index >= 15 is 0 Å². The van der Waals surface area contributed by atoms with E-state index in [1.54, 1.807) is 0 Å². The van der Waals surface area contributed by atoms with Crippen molar-refractivity contribution in [2.75, 3.05) is 7.11 Å². The molecule has 7 nitrogen and oxygen atoms in total. The number of halogens is 3. The first-order valence-corrected chi connectivity index (χ1v) is 5.35. The lowest BCUT2D eigenvalue weighted by atomic mass is 10.3. The van der Waals surface area contributed by atoms with Gasteiger partial charge in [0.15, 0.2) is 0 Å². The number of ether oxygens (including phenoxy) is 1. The first-order valence-electron chi connectivity index (χ1n) is 5.35. The SMILES string of the molecule is CON/C=C(/C=Nc1ccc(OC(F)(F)F)cc1)[N+](=O)[O-]. The zero-order valence-electron chi connectivity index (χ0n) is 10.6. The van der Waals surface area contributed by atoms with Crippen LogP contribution in [0.2, 0.25) is 0 Å². The second kappa shape index (κ2) is 7.24. The Morgan fingerprint density at radius 2 is 2.00 bits per heavy atom. The van der Waals surface area contributed by atoms with Crippen LogP contribution >= 0.6 is 0 Å². The van der Waals surface area contributed by atoms with Crippen molar-refractivity contribution in [3.05, 3.63) is 46.3 Å². The molecule has 0 saturated heterocycles. The molecule has 10 heteroatoms. The molecule has 0 bridgehead atoms. The minimum atomic E-state index is -4.78. The van der Waals surface area contributed by atoms with E-state index in [4.69, 9.17) is 0 Å². The Labute approximate surface area is 116 Å². The number of nitrogens with one attached hydrogen (secondary N) is 1. The summed E-state index contributed by atoms with van der Waals surface area (Å²) >= 11 is 0. The van der Waals surface area contributed by atoms with E-state index < -0.39 is 22.7 Å². The molecule has 0 saturated carbocycles. The number of hydroxylamine groups is 1. The summed E-state index contributed by atoms with van der Waals surface area (Å²) in [5.41, 5.74) is 1.98. The number of rotatable bonds is 6. The number of hydrogen-bond acceptors (Lipinski definition) is 6. The van der Waals surface area contributed by atoms with Crippen molar-refractivity contribution in [2.45, 2.75) is 6.36 Å². The van der Waals surface area contributed by atoms with Gasteiger partial charge in [0.05, 0.1) is 17.7 Å². The molecule has 0 aliphatic heterocycles. The molecule has 0 atom stereocenters. The molecule has 1 rings (SSSR count). The summed E-state index contributed by atoms with van der Waals surface area (Å²) in [6, 6.07) is 4.53. The summed E-state index contributed by atoms with van der Waals surface area (Å²) in [4.78, 5) is 18.1. The number of nitrogens with zero attached hydrogens (tertiary/aromatic N) is 2.